The van der Waals surface area contributed by atoms with Gasteiger partial charge >= 0.3 is 0 Å². The van der Waals surface area contributed by atoms with E-state index in [-0.39, 0.29) is 24.1 Å². The number of nitrogens with one attached hydrogen (secondary N) is 1. The third-order valence-electron chi connectivity index (χ3n) is 7.73. The number of ether oxygens (including phenoxy) is 1. The Morgan fingerprint density at radius 1 is 0.860 bits per heavy atom. The van der Waals surface area contributed by atoms with E-state index in [2.05, 4.69) is 64.6 Å². The van der Waals surface area contributed by atoms with Gasteiger partial charge in [-0.25, -0.2) is 0 Å². The third-order valence-corrected chi connectivity index (χ3v) is 8.64. The zero-order valence-electron chi connectivity index (χ0n) is 25.0. The molecule has 0 spiro atoms. The first kappa shape index (κ1) is 30.2. The van der Waals surface area contributed by atoms with Crippen LogP contribution in [-0.4, -0.2) is 70.5 Å². The molecule has 1 saturated heterocycles. The number of rotatable bonds is 11. The molecule has 3 aromatic carbocycles. The Labute approximate surface area is 257 Å². The second-order valence-corrected chi connectivity index (χ2v) is 11.2. The molecule has 0 bridgehead atoms. The minimum atomic E-state index is -0.212. The predicted octanol–water partition coefficient (Wildman–Crippen LogP) is 4.77. The summed E-state index contributed by atoms with van der Waals surface area (Å²) in [5.74, 6) is 1.44. The van der Waals surface area contributed by atoms with Crippen molar-refractivity contribution in [3.05, 3.63) is 95.3 Å². The highest BCUT2D eigenvalue weighted by molar-refractivity contribution is 7.99. The number of thioether (sulfide) groups is 1. The van der Waals surface area contributed by atoms with Gasteiger partial charge in [0.15, 0.2) is 11.0 Å². The Bertz CT molecular complexity index is 1510. The lowest BCUT2D eigenvalue weighted by Crippen LogP contribution is -2.49. The molecular weight excluding hydrogens is 560 g/mol. The number of hydrogen-bond donors (Lipinski definition) is 1. The lowest BCUT2D eigenvalue weighted by molar-refractivity contribution is -0.128. The second-order valence-electron chi connectivity index (χ2n) is 10.3. The van der Waals surface area contributed by atoms with E-state index < -0.39 is 0 Å². The van der Waals surface area contributed by atoms with Crippen molar-refractivity contribution in [2.75, 3.05) is 43.9 Å². The van der Waals surface area contributed by atoms with Gasteiger partial charge in [-0.15, -0.1) is 10.2 Å². The Kier molecular flexibility index (Phi) is 9.99. The smallest absolute Gasteiger partial charge is 0.251 e. The highest BCUT2D eigenvalue weighted by Gasteiger charge is 2.24. The lowest BCUT2D eigenvalue weighted by Gasteiger charge is -2.36. The van der Waals surface area contributed by atoms with Gasteiger partial charge in [-0.05, 0) is 60.4 Å². The van der Waals surface area contributed by atoms with E-state index in [1.165, 1.54) is 17.4 Å². The number of methoxy groups -OCH3 is 1. The minimum absolute atomic E-state index is 0.0844. The van der Waals surface area contributed by atoms with Gasteiger partial charge in [-0.3, -0.25) is 14.2 Å². The largest absolute Gasteiger partial charge is 0.497 e. The molecule has 5 rings (SSSR count). The van der Waals surface area contributed by atoms with Crippen LogP contribution in [0.25, 0.3) is 5.69 Å². The zero-order chi connectivity index (χ0) is 30.2. The zero-order valence-corrected chi connectivity index (χ0v) is 25.8. The Morgan fingerprint density at radius 2 is 1.53 bits per heavy atom. The van der Waals surface area contributed by atoms with E-state index >= 15 is 0 Å². The van der Waals surface area contributed by atoms with Crippen molar-refractivity contribution in [3.63, 3.8) is 0 Å². The molecule has 1 N–H and O–H groups in total. The molecular formula is C33H38N6O3S. The van der Waals surface area contributed by atoms with Crippen LogP contribution in [0, 0.1) is 0 Å². The fourth-order valence-electron chi connectivity index (χ4n) is 5.31. The maximum absolute atomic E-state index is 13.3. The first-order valence-corrected chi connectivity index (χ1v) is 15.7. The number of amides is 2. The van der Waals surface area contributed by atoms with Crippen molar-refractivity contribution in [1.82, 2.24) is 25.0 Å². The van der Waals surface area contributed by atoms with Gasteiger partial charge in [0.25, 0.3) is 5.91 Å². The summed E-state index contributed by atoms with van der Waals surface area (Å²) in [5.41, 5.74) is 5.06. The summed E-state index contributed by atoms with van der Waals surface area (Å²) in [6.45, 7) is 7.41. The van der Waals surface area contributed by atoms with Gasteiger partial charge in [-0.2, -0.15) is 0 Å². The van der Waals surface area contributed by atoms with Crippen molar-refractivity contribution >= 4 is 29.3 Å². The second kappa shape index (κ2) is 14.2. The van der Waals surface area contributed by atoms with E-state index in [1.807, 2.05) is 27.7 Å². The number of anilines is 1. The Morgan fingerprint density at radius 3 is 2.16 bits per heavy atom. The molecule has 2 heterocycles. The average Bonchev–Trinajstić information content (AvgIpc) is 3.48. The van der Waals surface area contributed by atoms with E-state index in [4.69, 9.17) is 4.74 Å². The number of carbonyl (C=O) groups excluding carboxylic acids is 2. The van der Waals surface area contributed by atoms with Crippen molar-refractivity contribution in [1.29, 1.82) is 0 Å². The lowest BCUT2D eigenvalue weighted by atomic mass is 10.0. The summed E-state index contributed by atoms with van der Waals surface area (Å²) in [5, 5.41) is 12.6. The Hall–Kier alpha value is -4.31. The fraction of sp³-hybridized carbons (Fsp3) is 0.333. The molecule has 1 aliphatic rings. The van der Waals surface area contributed by atoms with Gasteiger partial charge in [0.05, 0.1) is 25.1 Å². The van der Waals surface area contributed by atoms with Crippen LogP contribution in [0.2, 0.25) is 0 Å². The predicted molar refractivity (Wildman–Crippen MR) is 170 cm³/mol. The number of aryl methyl sites for hydroxylation is 2. The summed E-state index contributed by atoms with van der Waals surface area (Å²) < 4.78 is 7.23. The molecule has 1 aliphatic heterocycles. The van der Waals surface area contributed by atoms with Crippen molar-refractivity contribution in [2.45, 2.75) is 38.4 Å². The number of aromatic nitrogens is 3. The van der Waals surface area contributed by atoms with E-state index in [0.717, 1.165) is 42.7 Å². The van der Waals surface area contributed by atoms with Gasteiger partial charge in [0.2, 0.25) is 5.91 Å². The molecule has 10 heteroatoms. The molecule has 0 radical (unpaired) electrons. The summed E-state index contributed by atoms with van der Waals surface area (Å²) in [4.78, 5) is 30.5. The molecule has 0 aliphatic carbocycles. The maximum Gasteiger partial charge on any atom is 0.251 e. The number of benzene rings is 3. The number of piperazine rings is 1. The SMILES string of the molecule is CCc1cccc(CC)c1-n1c(CNC(=O)c2ccc(OC)cc2)nnc1SCC(=O)N1CCN(c2ccccc2)CC1. The van der Waals surface area contributed by atoms with Crippen LogP contribution >= 0.6 is 11.8 Å². The van der Waals surface area contributed by atoms with Crippen LogP contribution in [0.3, 0.4) is 0 Å². The molecule has 224 valence electrons. The van der Waals surface area contributed by atoms with Crippen molar-refractivity contribution < 1.29 is 14.3 Å². The van der Waals surface area contributed by atoms with Gasteiger partial charge in [-0.1, -0.05) is 62.0 Å². The number of hydrogen-bond acceptors (Lipinski definition) is 7. The van der Waals surface area contributed by atoms with Crippen LogP contribution < -0.4 is 15.0 Å². The quantitative estimate of drug-likeness (QED) is 0.249. The monoisotopic (exact) mass is 598 g/mol. The molecule has 0 atom stereocenters. The van der Waals surface area contributed by atoms with E-state index in [0.29, 0.717) is 35.4 Å². The van der Waals surface area contributed by atoms with Gasteiger partial charge in [0, 0.05) is 37.4 Å². The molecule has 1 fully saturated rings. The number of carbonyl (C=O) groups is 2. The normalized spacial score (nSPS) is 13.2. The van der Waals surface area contributed by atoms with Gasteiger partial charge < -0.3 is 19.9 Å². The molecule has 0 saturated carbocycles. The molecule has 1 aromatic heterocycles. The van der Waals surface area contributed by atoms with Crippen molar-refractivity contribution in [3.8, 4) is 11.4 Å². The molecule has 9 nitrogen and oxygen atoms in total. The summed E-state index contributed by atoms with van der Waals surface area (Å²) in [6.07, 6.45) is 1.65. The maximum atomic E-state index is 13.3. The average molecular weight is 599 g/mol. The van der Waals surface area contributed by atoms with E-state index in [1.54, 1.807) is 31.4 Å². The highest BCUT2D eigenvalue weighted by Crippen LogP contribution is 2.29. The topological polar surface area (TPSA) is 92.6 Å². The van der Waals surface area contributed by atoms with Gasteiger partial charge in [0.1, 0.15) is 5.75 Å². The first-order chi connectivity index (χ1) is 21.0. The Balaban J connectivity index is 1.32. The van der Waals surface area contributed by atoms with Crippen molar-refractivity contribution in [2.24, 2.45) is 0 Å². The molecule has 2 amide bonds. The first-order valence-electron chi connectivity index (χ1n) is 14.7. The van der Waals surface area contributed by atoms with Crippen LogP contribution in [0.1, 0.15) is 41.2 Å². The van der Waals surface area contributed by atoms with Crippen LogP contribution in [0.15, 0.2) is 78.0 Å². The van der Waals surface area contributed by atoms with Crippen LogP contribution in [-0.2, 0) is 24.2 Å². The van der Waals surface area contributed by atoms with Crippen LogP contribution in [0.4, 0.5) is 5.69 Å². The standard InChI is InChI=1S/C33H38N6O3S/c1-4-24-10-9-11-25(5-2)31(24)39-29(22-34-32(41)26-14-16-28(42-3)17-15-26)35-36-33(39)43-23-30(40)38-20-18-37(19-21-38)27-12-7-6-8-13-27/h6-17H,4-5,18-23H2,1-3H3,(H,34,41). The fourth-order valence-corrected chi connectivity index (χ4v) is 6.17. The molecule has 0 unspecified atom stereocenters. The summed E-state index contributed by atoms with van der Waals surface area (Å²) in [7, 11) is 1.59. The van der Waals surface area contributed by atoms with E-state index in [9.17, 15) is 9.59 Å². The summed E-state index contributed by atoms with van der Waals surface area (Å²) in [6, 6.07) is 23.6. The third kappa shape index (κ3) is 7.02. The minimum Gasteiger partial charge on any atom is -0.497 e. The van der Waals surface area contributed by atoms with Crippen LogP contribution in [0.5, 0.6) is 5.75 Å². The molecule has 4 aromatic rings. The molecule has 43 heavy (non-hydrogen) atoms. The summed E-state index contributed by atoms with van der Waals surface area (Å²) >= 11 is 1.39. The number of para-hydroxylation sites is 2. The number of nitrogens with zero attached hydrogens (tertiary/aromatic N) is 5. The highest BCUT2D eigenvalue weighted by atomic mass is 32.2.